The Hall–Kier alpha value is -1.27. The van der Waals surface area contributed by atoms with E-state index in [4.69, 9.17) is 5.73 Å². The molecule has 0 aliphatic carbocycles. The van der Waals surface area contributed by atoms with E-state index in [9.17, 15) is 18.3 Å². The zero-order chi connectivity index (χ0) is 13.9. The molecule has 0 spiro atoms. The summed E-state index contributed by atoms with van der Waals surface area (Å²) in [7, 11) is 0. The third kappa shape index (κ3) is 4.19. The van der Waals surface area contributed by atoms with Crippen molar-refractivity contribution in [3.05, 3.63) is 29.8 Å². The van der Waals surface area contributed by atoms with Crippen LogP contribution in [0, 0.1) is 5.92 Å². The van der Waals surface area contributed by atoms with Crippen LogP contribution in [0.2, 0.25) is 0 Å². The maximum atomic E-state index is 11.9. The summed E-state index contributed by atoms with van der Waals surface area (Å²) >= 11 is 0. The van der Waals surface area contributed by atoms with Gasteiger partial charge in [0.1, 0.15) is 5.75 Å². The molecule has 3 nitrogen and oxygen atoms in total. The molecule has 0 bridgehead atoms. The Bertz CT molecular complexity index is 376. The molecule has 1 aromatic rings. The Morgan fingerprint density at radius 1 is 1.17 bits per heavy atom. The summed E-state index contributed by atoms with van der Waals surface area (Å²) in [5, 5.41) is 9.77. The number of nitrogens with two attached hydrogens (primary N) is 1. The molecule has 0 aromatic heterocycles. The number of aliphatic hydroxyl groups is 1. The molecule has 0 radical (unpaired) electrons. The smallest absolute Gasteiger partial charge is 0.406 e. The zero-order valence-electron chi connectivity index (χ0n) is 10.1. The normalized spacial score (nSPS) is 15.6. The van der Waals surface area contributed by atoms with Crippen LogP contribution in [-0.4, -0.2) is 17.6 Å². The second-order valence-corrected chi connectivity index (χ2v) is 4.38. The number of rotatable bonds is 4. The number of halogens is 3. The van der Waals surface area contributed by atoms with Gasteiger partial charge in [-0.1, -0.05) is 26.0 Å². The van der Waals surface area contributed by atoms with Gasteiger partial charge in [0.15, 0.2) is 0 Å². The number of benzene rings is 1. The van der Waals surface area contributed by atoms with Crippen LogP contribution in [0.5, 0.6) is 5.75 Å². The molecule has 3 N–H and O–H groups in total. The van der Waals surface area contributed by atoms with Crippen LogP contribution in [0.25, 0.3) is 0 Å². The van der Waals surface area contributed by atoms with Crippen LogP contribution in [0.15, 0.2) is 24.3 Å². The summed E-state index contributed by atoms with van der Waals surface area (Å²) in [6, 6.07) is 4.55. The molecular weight excluding hydrogens is 247 g/mol. The molecule has 1 rings (SSSR count). The second kappa shape index (κ2) is 5.58. The van der Waals surface area contributed by atoms with Gasteiger partial charge in [-0.05, 0) is 23.6 Å². The minimum Gasteiger partial charge on any atom is -0.406 e. The molecule has 0 amide bonds. The summed E-state index contributed by atoms with van der Waals surface area (Å²) < 4.78 is 39.6. The largest absolute Gasteiger partial charge is 0.573 e. The molecular formula is C12H16F3NO2. The van der Waals surface area contributed by atoms with Crippen molar-refractivity contribution in [2.45, 2.75) is 32.4 Å². The van der Waals surface area contributed by atoms with Gasteiger partial charge in [-0.15, -0.1) is 13.2 Å². The maximum absolute atomic E-state index is 11.9. The number of hydrogen-bond acceptors (Lipinski definition) is 3. The van der Waals surface area contributed by atoms with E-state index in [0.29, 0.717) is 5.56 Å². The Balaban J connectivity index is 2.77. The highest BCUT2D eigenvalue weighted by molar-refractivity contribution is 5.29. The van der Waals surface area contributed by atoms with Crippen molar-refractivity contribution >= 4 is 0 Å². The first-order valence-electron chi connectivity index (χ1n) is 5.50. The fraction of sp³-hybridized carbons (Fsp3) is 0.500. The lowest BCUT2D eigenvalue weighted by atomic mass is 9.94. The first-order chi connectivity index (χ1) is 8.20. The lowest BCUT2D eigenvalue weighted by Crippen LogP contribution is -2.30. The lowest BCUT2D eigenvalue weighted by molar-refractivity contribution is -0.274. The molecule has 1 aromatic carbocycles. The molecule has 0 unspecified atom stereocenters. The number of aliphatic hydroxyl groups excluding tert-OH is 1. The summed E-state index contributed by atoms with van der Waals surface area (Å²) in [4.78, 5) is 0. The summed E-state index contributed by atoms with van der Waals surface area (Å²) in [5.41, 5.74) is 6.36. The highest BCUT2D eigenvalue weighted by Crippen LogP contribution is 2.25. The van der Waals surface area contributed by atoms with Crippen LogP contribution in [0.4, 0.5) is 13.2 Å². The van der Waals surface area contributed by atoms with Crippen LogP contribution in [0.1, 0.15) is 25.5 Å². The van der Waals surface area contributed by atoms with E-state index in [1.165, 1.54) is 24.3 Å². The highest BCUT2D eigenvalue weighted by Gasteiger charge is 2.31. The first-order valence-corrected chi connectivity index (χ1v) is 5.50. The molecule has 0 saturated carbocycles. The summed E-state index contributed by atoms with van der Waals surface area (Å²) in [5.74, 6) is -0.344. The van der Waals surface area contributed by atoms with E-state index in [2.05, 4.69) is 4.74 Å². The van der Waals surface area contributed by atoms with Gasteiger partial charge in [0.2, 0.25) is 0 Å². The van der Waals surface area contributed by atoms with Gasteiger partial charge in [0.25, 0.3) is 0 Å². The van der Waals surface area contributed by atoms with E-state index in [0.717, 1.165) is 0 Å². The van der Waals surface area contributed by atoms with Gasteiger partial charge in [-0.25, -0.2) is 0 Å². The topological polar surface area (TPSA) is 55.5 Å². The minimum atomic E-state index is -4.71. The van der Waals surface area contributed by atoms with Crippen molar-refractivity contribution < 1.29 is 23.0 Å². The summed E-state index contributed by atoms with van der Waals surface area (Å²) in [6.45, 7) is 3.62. The van der Waals surface area contributed by atoms with E-state index in [-0.39, 0.29) is 11.7 Å². The third-order valence-electron chi connectivity index (χ3n) is 2.55. The molecule has 2 atom stereocenters. The Morgan fingerprint density at radius 2 is 1.67 bits per heavy atom. The van der Waals surface area contributed by atoms with Crippen LogP contribution >= 0.6 is 0 Å². The van der Waals surface area contributed by atoms with Gasteiger partial charge >= 0.3 is 6.36 Å². The van der Waals surface area contributed by atoms with Gasteiger partial charge in [0, 0.05) is 0 Å². The monoisotopic (exact) mass is 263 g/mol. The van der Waals surface area contributed by atoms with Gasteiger partial charge in [0.05, 0.1) is 12.1 Å². The van der Waals surface area contributed by atoms with Gasteiger partial charge < -0.3 is 15.6 Å². The average Bonchev–Trinajstić information content (AvgIpc) is 2.26. The molecule has 0 aliphatic rings. The highest BCUT2D eigenvalue weighted by atomic mass is 19.4. The van der Waals surface area contributed by atoms with E-state index >= 15 is 0 Å². The minimum absolute atomic E-state index is 0.0360. The van der Waals surface area contributed by atoms with Crippen molar-refractivity contribution in [1.82, 2.24) is 0 Å². The number of alkyl halides is 3. The van der Waals surface area contributed by atoms with Crippen LogP contribution in [-0.2, 0) is 0 Å². The fourth-order valence-corrected chi connectivity index (χ4v) is 1.50. The predicted molar refractivity (Wildman–Crippen MR) is 60.9 cm³/mol. The van der Waals surface area contributed by atoms with E-state index in [1.54, 1.807) is 0 Å². The first kappa shape index (κ1) is 14.8. The van der Waals surface area contributed by atoms with Gasteiger partial charge in [-0.2, -0.15) is 0 Å². The van der Waals surface area contributed by atoms with Crippen molar-refractivity contribution in [3.63, 3.8) is 0 Å². The molecule has 0 fully saturated rings. The maximum Gasteiger partial charge on any atom is 0.573 e. The number of hydrogen-bond donors (Lipinski definition) is 2. The molecule has 0 aliphatic heterocycles. The molecule has 6 heteroatoms. The second-order valence-electron chi connectivity index (χ2n) is 4.38. The predicted octanol–water partition coefficient (Wildman–Crippen LogP) is 2.60. The van der Waals surface area contributed by atoms with Crippen molar-refractivity contribution in [1.29, 1.82) is 0 Å². The SMILES string of the molecule is CC(C)[C@H](O)[C@H](N)c1ccc(OC(F)(F)F)cc1. The Labute approximate surface area is 103 Å². The molecule has 102 valence electrons. The quantitative estimate of drug-likeness (QED) is 0.878. The number of ether oxygens (including phenoxy) is 1. The average molecular weight is 263 g/mol. The molecule has 0 saturated heterocycles. The summed E-state index contributed by atoms with van der Waals surface area (Å²) in [6.07, 6.45) is -5.46. The lowest BCUT2D eigenvalue weighted by Gasteiger charge is -2.22. The van der Waals surface area contributed by atoms with E-state index in [1.807, 2.05) is 13.8 Å². The molecule has 18 heavy (non-hydrogen) atoms. The Morgan fingerprint density at radius 3 is 2.06 bits per heavy atom. The zero-order valence-corrected chi connectivity index (χ0v) is 10.1. The standard InChI is InChI=1S/C12H16F3NO2/c1-7(2)11(17)10(16)8-3-5-9(6-4-8)18-12(13,14)15/h3-7,10-11,17H,16H2,1-2H3/t10-,11+/m1/s1. The van der Waals surface area contributed by atoms with Crippen molar-refractivity contribution in [2.75, 3.05) is 0 Å². The van der Waals surface area contributed by atoms with E-state index < -0.39 is 18.5 Å². The molecule has 0 heterocycles. The Kier molecular flexibility index (Phi) is 4.59. The third-order valence-corrected chi connectivity index (χ3v) is 2.55. The van der Waals surface area contributed by atoms with Crippen molar-refractivity contribution in [2.24, 2.45) is 11.7 Å². The fourth-order valence-electron chi connectivity index (χ4n) is 1.50. The van der Waals surface area contributed by atoms with Crippen LogP contribution in [0.3, 0.4) is 0 Å². The van der Waals surface area contributed by atoms with Crippen LogP contribution < -0.4 is 10.5 Å². The van der Waals surface area contributed by atoms with Gasteiger partial charge in [-0.3, -0.25) is 0 Å². The van der Waals surface area contributed by atoms with Crippen molar-refractivity contribution in [3.8, 4) is 5.75 Å².